The summed E-state index contributed by atoms with van der Waals surface area (Å²) in [6, 6.07) is 7.72. The Morgan fingerprint density at radius 2 is 2.00 bits per heavy atom. The van der Waals surface area contributed by atoms with Crippen LogP contribution in [0.25, 0.3) is 11.3 Å². The van der Waals surface area contributed by atoms with Crippen molar-refractivity contribution in [2.45, 2.75) is 5.33 Å². The predicted molar refractivity (Wildman–Crippen MR) is 65.2 cm³/mol. The fourth-order valence-electron chi connectivity index (χ4n) is 1.13. The van der Waals surface area contributed by atoms with Gasteiger partial charge in [-0.1, -0.05) is 39.7 Å². The summed E-state index contributed by atoms with van der Waals surface area (Å²) in [5.41, 5.74) is 2.12. The predicted octanol–water partition coefficient (Wildman–Crippen LogP) is 4.36. The molecule has 0 atom stereocenters. The third-order valence-corrected chi connectivity index (χ3v) is 3.81. The van der Waals surface area contributed by atoms with Gasteiger partial charge in [0.25, 0.3) is 0 Å². The first kappa shape index (κ1) is 10.1. The minimum atomic E-state index is 0.754. The molecule has 14 heavy (non-hydrogen) atoms. The highest BCUT2D eigenvalue weighted by Crippen LogP contribution is 2.24. The minimum Gasteiger partial charge on any atom is -0.240 e. The van der Waals surface area contributed by atoms with Gasteiger partial charge in [-0.15, -0.1) is 11.3 Å². The molecule has 1 aromatic heterocycles. The van der Waals surface area contributed by atoms with Gasteiger partial charge in [0.1, 0.15) is 5.01 Å². The Labute approximate surface area is 99.9 Å². The van der Waals surface area contributed by atoms with E-state index in [1.165, 1.54) is 0 Å². The molecule has 0 aliphatic heterocycles. The molecule has 2 rings (SSSR count). The SMILES string of the molecule is Clc1ccc(-c2csc(CBr)n2)cc1. The van der Waals surface area contributed by atoms with Crippen LogP contribution in [0.2, 0.25) is 5.02 Å². The molecule has 0 radical (unpaired) electrons. The van der Waals surface area contributed by atoms with Gasteiger partial charge < -0.3 is 0 Å². The lowest BCUT2D eigenvalue weighted by molar-refractivity contribution is 1.28. The van der Waals surface area contributed by atoms with Crippen LogP contribution in [0.15, 0.2) is 29.6 Å². The Balaban J connectivity index is 2.34. The highest BCUT2D eigenvalue weighted by Gasteiger charge is 2.02. The monoisotopic (exact) mass is 287 g/mol. The molecule has 0 saturated carbocycles. The lowest BCUT2D eigenvalue weighted by Gasteiger charge is -1.95. The Hall–Kier alpha value is -0.380. The summed E-state index contributed by atoms with van der Waals surface area (Å²) in [6.45, 7) is 0. The molecule has 0 N–H and O–H groups in total. The zero-order chi connectivity index (χ0) is 9.97. The molecule has 0 unspecified atom stereocenters. The van der Waals surface area contributed by atoms with Crippen molar-refractivity contribution >= 4 is 38.9 Å². The summed E-state index contributed by atoms with van der Waals surface area (Å²) < 4.78 is 0. The number of nitrogens with zero attached hydrogens (tertiary/aromatic N) is 1. The maximum atomic E-state index is 5.81. The number of thiazole rings is 1. The van der Waals surface area contributed by atoms with Crippen LogP contribution in [-0.4, -0.2) is 4.98 Å². The second-order valence-electron chi connectivity index (χ2n) is 2.77. The van der Waals surface area contributed by atoms with E-state index < -0.39 is 0 Å². The second kappa shape index (κ2) is 4.43. The van der Waals surface area contributed by atoms with Gasteiger partial charge in [0.15, 0.2) is 0 Å². The summed E-state index contributed by atoms with van der Waals surface area (Å²) in [5.74, 6) is 0. The number of hydrogen-bond acceptors (Lipinski definition) is 2. The van der Waals surface area contributed by atoms with Crippen LogP contribution in [0, 0.1) is 0 Å². The first-order valence-electron chi connectivity index (χ1n) is 4.06. The number of rotatable bonds is 2. The number of hydrogen-bond donors (Lipinski definition) is 0. The molecule has 0 aliphatic rings. The fraction of sp³-hybridized carbons (Fsp3) is 0.100. The van der Waals surface area contributed by atoms with Crippen molar-refractivity contribution in [2.24, 2.45) is 0 Å². The van der Waals surface area contributed by atoms with Crippen molar-refractivity contribution < 1.29 is 0 Å². The zero-order valence-electron chi connectivity index (χ0n) is 7.21. The Kier molecular flexibility index (Phi) is 3.21. The standard InChI is InChI=1S/C10H7BrClNS/c11-5-10-13-9(6-14-10)7-1-3-8(12)4-2-7/h1-4,6H,5H2. The van der Waals surface area contributed by atoms with E-state index in [4.69, 9.17) is 11.6 Å². The number of alkyl halides is 1. The zero-order valence-corrected chi connectivity index (χ0v) is 10.4. The van der Waals surface area contributed by atoms with Crippen molar-refractivity contribution in [3.05, 3.63) is 39.7 Å². The van der Waals surface area contributed by atoms with Crippen LogP contribution in [0.3, 0.4) is 0 Å². The molecule has 0 spiro atoms. The van der Waals surface area contributed by atoms with Gasteiger partial charge in [-0.2, -0.15) is 0 Å². The first-order valence-corrected chi connectivity index (χ1v) is 6.44. The van der Waals surface area contributed by atoms with Crippen molar-refractivity contribution in [1.29, 1.82) is 0 Å². The van der Waals surface area contributed by atoms with Crippen molar-refractivity contribution in [2.75, 3.05) is 0 Å². The van der Waals surface area contributed by atoms with E-state index >= 15 is 0 Å². The molecule has 4 heteroatoms. The molecule has 0 fully saturated rings. The average molecular weight is 289 g/mol. The molecule has 1 aromatic carbocycles. The highest BCUT2D eigenvalue weighted by molar-refractivity contribution is 9.08. The topological polar surface area (TPSA) is 12.9 Å². The van der Waals surface area contributed by atoms with Crippen LogP contribution in [0.4, 0.5) is 0 Å². The van der Waals surface area contributed by atoms with Gasteiger partial charge in [0.05, 0.1) is 11.0 Å². The normalized spacial score (nSPS) is 10.4. The molecule has 0 saturated heterocycles. The van der Waals surface area contributed by atoms with E-state index in [1.54, 1.807) is 11.3 Å². The molecule has 0 bridgehead atoms. The molecule has 1 heterocycles. The largest absolute Gasteiger partial charge is 0.240 e. The van der Waals surface area contributed by atoms with E-state index in [0.717, 1.165) is 26.6 Å². The van der Waals surface area contributed by atoms with Gasteiger partial charge in [-0.05, 0) is 12.1 Å². The molecule has 72 valence electrons. The van der Waals surface area contributed by atoms with Crippen molar-refractivity contribution in [3.8, 4) is 11.3 Å². The van der Waals surface area contributed by atoms with Crippen molar-refractivity contribution in [3.63, 3.8) is 0 Å². The van der Waals surface area contributed by atoms with Crippen molar-refractivity contribution in [1.82, 2.24) is 4.98 Å². The van der Waals surface area contributed by atoms with Gasteiger partial charge in [0, 0.05) is 16.0 Å². The molecule has 0 aliphatic carbocycles. The summed E-state index contributed by atoms with van der Waals surface area (Å²) >= 11 is 10.8. The Morgan fingerprint density at radius 3 is 2.57 bits per heavy atom. The molecule has 0 amide bonds. The summed E-state index contributed by atoms with van der Waals surface area (Å²) in [6.07, 6.45) is 0. The maximum absolute atomic E-state index is 5.81. The molecular weight excluding hydrogens is 282 g/mol. The lowest BCUT2D eigenvalue weighted by atomic mass is 10.2. The lowest BCUT2D eigenvalue weighted by Crippen LogP contribution is -1.78. The number of aromatic nitrogens is 1. The molecule has 2 aromatic rings. The first-order chi connectivity index (χ1) is 6.79. The second-order valence-corrected chi connectivity index (χ2v) is 4.71. The fourth-order valence-corrected chi connectivity index (χ4v) is 2.42. The average Bonchev–Trinajstić information content (AvgIpc) is 2.67. The van der Waals surface area contributed by atoms with Crippen LogP contribution in [0.1, 0.15) is 5.01 Å². The summed E-state index contributed by atoms with van der Waals surface area (Å²) in [4.78, 5) is 4.46. The van der Waals surface area contributed by atoms with Gasteiger partial charge in [-0.25, -0.2) is 4.98 Å². The Morgan fingerprint density at radius 1 is 1.29 bits per heavy atom. The third-order valence-electron chi connectivity index (χ3n) is 1.81. The minimum absolute atomic E-state index is 0.754. The van der Waals surface area contributed by atoms with E-state index in [0.29, 0.717) is 0 Å². The van der Waals surface area contributed by atoms with Crippen LogP contribution in [-0.2, 0) is 5.33 Å². The third kappa shape index (κ3) is 2.16. The van der Waals surface area contributed by atoms with Crippen LogP contribution in [0.5, 0.6) is 0 Å². The summed E-state index contributed by atoms with van der Waals surface area (Å²) in [5, 5.41) is 4.71. The quantitative estimate of drug-likeness (QED) is 0.748. The number of benzene rings is 1. The number of halogens is 2. The van der Waals surface area contributed by atoms with Crippen LogP contribution < -0.4 is 0 Å². The smallest absolute Gasteiger partial charge is 0.104 e. The maximum Gasteiger partial charge on any atom is 0.104 e. The molecular formula is C10H7BrClNS. The van der Waals surface area contributed by atoms with Gasteiger partial charge >= 0.3 is 0 Å². The van der Waals surface area contributed by atoms with Gasteiger partial charge in [-0.3, -0.25) is 0 Å². The highest BCUT2D eigenvalue weighted by atomic mass is 79.9. The Bertz CT molecular complexity index is 424. The van der Waals surface area contributed by atoms with E-state index in [1.807, 2.05) is 24.3 Å². The molecule has 1 nitrogen and oxygen atoms in total. The van der Waals surface area contributed by atoms with E-state index in [-0.39, 0.29) is 0 Å². The van der Waals surface area contributed by atoms with Gasteiger partial charge in [0.2, 0.25) is 0 Å². The van der Waals surface area contributed by atoms with Crippen LogP contribution >= 0.6 is 38.9 Å². The van der Waals surface area contributed by atoms with E-state index in [2.05, 4.69) is 26.3 Å². The summed E-state index contributed by atoms with van der Waals surface area (Å²) in [7, 11) is 0. The van der Waals surface area contributed by atoms with E-state index in [9.17, 15) is 0 Å².